The largest absolute Gasteiger partial charge is 0.477 e. The van der Waals surface area contributed by atoms with Gasteiger partial charge in [0.1, 0.15) is 10.3 Å². The van der Waals surface area contributed by atoms with E-state index >= 15 is 0 Å². The van der Waals surface area contributed by atoms with E-state index < -0.39 is 10.0 Å². The third-order valence-corrected chi connectivity index (χ3v) is 6.77. The van der Waals surface area contributed by atoms with Gasteiger partial charge in [-0.3, -0.25) is 0 Å². The van der Waals surface area contributed by atoms with Gasteiger partial charge in [-0.15, -0.1) is 11.3 Å². The second-order valence-electron chi connectivity index (χ2n) is 5.05. The first-order valence-electron chi connectivity index (χ1n) is 7.16. The second kappa shape index (κ2) is 6.81. The van der Waals surface area contributed by atoms with Crippen molar-refractivity contribution in [2.75, 3.05) is 20.2 Å². The maximum Gasteiger partial charge on any atom is 0.278 e. The molecule has 3 heterocycles. The standard InChI is InChI=1S/C14H17N3O4S2/c1-20-13-14(16-7-6-15-13)21-11-4-2-8-17(10-11)23(18,19)12-5-3-9-22-12/h3,5-7,9,11H,2,4,8,10H2,1H3. The summed E-state index contributed by atoms with van der Waals surface area (Å²) in [5, 5.41) is 1.76. The average Bonchev–Trinajstić information content (AvgIpc) is 3.11. The van der Waals surface area contributed by atoms with E-state index in [0.29, 0.717) is 23.2 Å². The van der Waals surface area contributed by atoms with Crippen molar-refractivity contribution in [3.8, 4) is 11.8 Å². The zero-order valence-electron chi connectivity index (χ0n) is 12.6. The summed E-state index contributed by atoms with van der Waals surface area (Å²) in [4.78, 5) is 8.14. The minimum absolute atomic E-state index is 0.274. The molecule has 1 unspecified atom stereocenters. The highest BCUT2D eigenvalue weighted by molar-refractivity contribution is 7.91. The van der Waals surface area contributed by atoms with Gasteiger partial charge in [-0.2, -0.15) is 4.31 Å². The van der Waals surface area contributed by atoms with Crippen LogP contribution in [0.1, 0.15) is 12.8 Å². The fourth-order valence-corrected chi connectivity index (χ4v) is 5.10. The Bertz CT molecular complexity index is 749. The molecular formula is C14H17N3O4S2. The Balaban J connectivity index is 1.74. The smallest absolute Gasteiger partial charge is 0.278 e. The number of piperidine rings is 1. The molecule has 0 saturated carbocycles. The maximum absolute atomic E-state index is 12.6. The first-order valence-corrected chi connectivity index (χ1v) is 9.48. The molecule has 0 amide bonds. The predicted octanol–water partition coefficient (Wildman–Crippen LogP) is 1.78. The lowest BCUT2D eigenvalue weighted by atomic mass is 10.1. The van der Waals surface area contributed by atoms with Gasteiger partial charge < -0.3 is 9.47 Å². The molecule has 1 saturated heterocycles. The highest BCUT2D eigenvalue weighted by atomic mass is 32.2. The quantitative estimate of drug-likeness (QED) is 0.813. The molecule has 0 N–H and O–H groups in total. The van der Waals surface area contributed by atoms with Gasteiger partial charge in [-0.25, -0.2) is 18.4 Å². The Morgan fingerprint density at radius 3 is 2.78 bits per heavy atom. The number of hydrogen-bond donors (Lipinski definition) is 0. The SMILES string of the molecule is COc1nccnc1OC1CCCN(S(=O)(=O)c2cccs2)C1. The summed E-state index contributed by atoms with van der Waals surface area (Å²) in [6, 6.07) is 3.36. The number of thiophene rings is 1. The Morgan fingerprint density at radius 2 is 2.09 bits per heavy atom. The highest BCUT2D eigenvalue weighted by Gasteiger charge is 2.32. The lowest BCUT2D eigenvalue weighted by Gasteiger charge is -2.31. The summed E-state index contributed by atoms with van der Waals surface area (Å²) in [5.41, 5.74) is 0. The molecule has 9 heteroatoms. The molecule has 3 rings (SSSR count). The molecule has 2 aromatic heterocycles. The fraction of sp³-hybridized carbons (Fsp3) is 0.429. The second-order valence-corrected chi connectivity index (χ2v) is 8.16. The van der Waals surface area contributed by atoms with Crippen molar-refractivity contribution in [2.24, 2.45) is 0 Å². The predicted molar refractivity (Wildman–Crippen MR) is 85.3 cm³/mol. The van der Waals surface area contributed by atoms with Gasteiger partial charge >= 0.3 is 0 Å². The maximum atomic E-state index is 12.6. The summed E-state index contributed by atoms with van der Waals surface area (Å²) in [6.45, 7) is 0.789. The third-order valence-electron chi connectivity index (χ3n) is 3.53. The van der Waals surface area contributed by atoms with Crippen LogP contribution in [0.15, 0.2) is 34.1 Å². The Hall–Kier alpha value is -1.71. The molecular weight excluding hydrogens is 338 g/mol. The van der Waals surface area contributed by atoms with Crippen LogP contribution in [0.25, 0.3) is 0 Å². The number of ether oxygens (including phenoxy) is 2. The molecule has 0 aromatic carbocycles. The summed E-state index contributed by atoms with van der Waals surface area (Å²) in [5.74, 6) is 0.584. The van der Waals surface area contributed by atoms with Gasteiger partial charge in [-0.05, 0) is 24.3 Å². The van der Waals surface area contributed by atoms with Crippen LogP contribution in [0.5, 0.6) is 11.8 Å². The fourth-order valence-electron chi connectivity index (χ4n) is 2.45. The molecule has 124 valence electrons. The lowest BCUT2D eigenvalue weighted by molar-refractivity contribution is 0.119. The number of rotatable bonds is 5. The van der Waals surface area contributed by atoms with Gasteiger partial charge in [0, 0.05) is 18.9 Å². The number of methoxy groups -OCH3 is 1. The van der Waals surface area contributed by atoms with Gasteiger partial charge in [0.2, 0.25) is 0 Å². The lowest BCUT2D eigenvalue weighted by Crippen LogP contribution is -2.44. The van der Waals surface area contributed by atoms with Crippen LogP contribution in [-0.2, 0) is 10.0 Å². The van der Waals surface area contributed by atoms with E-state index in [1.807, 2.05) is 0 Å². The minimum Gasteiger partial charge on any atom is -0.477 e. The van der Waals surface area contributed by atoms with E-state index in [-0.39, 0.29) is 12.0 Å². The van der Waals surface area contributed by atoms with E-state index in [1.54, 1.807) is 17.5 Å². The molecule has 0 spiro atoms. The molecule has 2 aromatic rings. The monoisotopic (exact) mass is 355 g/mol. The molecule has 23 heavy (non-hydrogen) atoms. The van der Waals surface area contributed by atoms with E-state index in [0.717, 1.165) is 12.8 Å². The Morgan fingerprint density at radius 1 is 1.30 bits per heavy atom. The van der Waals surface area contributed by atoms with Crippen molar-refractivity contribution in [3.05, 3.63) is 29.9 Å². The van der Waals surface area contributed by atoms with Crippen LogP contribution in [0.3, 0.4) is 0 Å². The van der Waals surface area contributed by atoms with E-state index in [4.69, 9.17) is 9.47 Å². The Labute approximate surface area is 138 Å². The molecule has 0 bridgehead atoms. The molecule has 0 radical (unpaired) electrons. The van der Waals surface area contributed by atoms with Crippen molar-refractivity contribution in [3.63, 3.8) is 0 Å². The Kier molecular flexibility index (Phi) is 4.79. The number of sulfonamides is 1. The molecule has 1 fully saturated rings. The zero-order valence-corrected chi connectivity index (χ0v) is 14.2. The van der Waals surface area contributed by atoms with Gasteiger partial charge in [0.05, 0.1) is 13.7 Å². The summed E-state index contributed by atoms with van der Waals surface area (Å²) < 4.78 is 37.9. The van der Waals surface area contributed by atoms with Gasteiger partial charge in [0.25, 0.3) is 21.8 Å². The van der Waals surface area contributed by atoms with Gasteiger partial charge in [0.15, 0.2) is 0 Å². The first kappa shape index (κ1) is 16.2. The summed E-state index contributed by atoms with van der Waals surface area (Å²) in [7, 11) is -1.96. The number of aromatic nitrogens is 2. The number of nitrogens with zero attached hydrogens (tertiary/aromatic N) is 3. The normalized spacial score (nSPS) is 19.4. The van der Waals surface area contributed by atoms with Crippen LogP contribution in [0.4, 0.5) is 0 Å². The summed E-state index contributed by atoms with van der Waals surface area (Å²) in [6.07, 6.45) is 4.25. The topological polar surface area (TPSA) is 81.6 Å². The molecule has 1 aliphatic heterocycles. The molecule has 0 aliphatic carbocycles. The molecule has 1 atom stereocenters. The van der Waals surface area contributed by atoms with Crippen LogP contribution in [0, 0.1) is 0 Å². The number of hydrogen-bond acceptors (Lipinski definition) is 7. The molecule has 7 nitrogen and oxygen atoms in total. The first-order chi connectivity index (χ1) is 11.1. The molecule has 1 aliphatic rings. The third kappa shape index (κ3) is 3.46. The van der Waals surface area contributed by atoms with E-state index in [1.165, 1.54) is 35.1 Å². The minimum atomic E-state index is -3.46. The van der Waals surface area contributed by atoms with Crippen molar-refractivity contribution in [2.45, 2.75) is 23.2 Å². The van der Waals surface area contributed by atoms with Crippen LogP contribution < -0.4 is 9.47 Å². The van der Waals surface area contributed by atoms with Gasteiger partial charge in [-0.1, -0.05) is 6.07 Å². The van der Waals surface area contributed by atoms with Crippen molar-refractivity contribution in [1.82, 2.24) is 14.3 Å². The van der Waals surface area contributed by atoms with Crippen molar-refractivity contribution >= 4 is 21.4 Å². The van der Waals surface area contributed by atoms with Crippen molar-refractivity contribution < 1.29 is 17.9 Å². The van der Waals surface area contributed by atoms with Crippen LogP contribution in [0.2, 0.25) is 0 Å². The highest BCUT2D eigenvalue weighted by Crippen LogP contribution is 2.27. The van der Waals surface area contributed by atoms with E-state index in [2.05, 4.69) is 9.97 Å². The zero-order chi connectivity index (χ0) is 16.3. The average molecular weight is 355 g/mol. The summed E-state index contributed by atoms with van der Waals surface area (Å²) >= 11 is 1.22. The van der Waals surface area contributed by atoms with E-state index in [9.17, 15) is 8.42 Å². The van der Waals surface area contributed by atoms with Crippen LogP contribution >= 0.6 is 11.3 Å². The van der Waals surface area contributed by atoms with Crippen LogP contribution in [-0.4, -0.2) is 49.0 Å². The van der Waals surface area contributed by atoms with Crippen molar-refractivity contribution in [1.29, 1.82) is 0 Å².